The topological polar surface area (TPSA) is 53.1 Å². The number of aromatic nitrogens is 2. The number of aryl methyl sites for hydroxylation is 1. The molecule has 0 bridgehead atoms. The van der Waals surface area contributed by atoms with Gasteiger partial charge in [0.2, 0.25) is 5.95 Å². The van der Waals surface area contributed by atoms with Gasteiger partial charge in [-0.15, -0.1) is 0 Å². The van der Waals surface area contributed by atoms with Crippen LogP contribution >= 0.6 is 11.6 Å². The first-order valence-corrected chi connectivity index (χ1v) is 7.68. The standard InChI is InChI=1S/C16H22ClN5/c1-12-11-15(18-9-6-10-22(2)3)21-16(19-12)20-14-8-5-4-7-13(14)17/h4-5,7-8,11H,6,9-10H2,1-3H3,(H2,18,19,20,21). The summed E-state index contributed by atoms with van der Waals surface area (Å²) in [7, 11) is 4.14. The van der Waals surface area contributed by atoms with E-state index in [4.69, 9.17) is 11.6 Å². The summed E-state index contributed by atoms with van der Waals surface area (Å²) >= 11 is 6.15. The van der Waals surface area contributed by atoms with Crippen LogP contribution in [0.3, 0.4) is 0 Å². The fraction of sp³-hybridized carbons (Fsp3) is 0.375. The van der Waals surface area contributed by atoms with Crippen molar-refractivity contribution in [2.24, 2.45) is 0 Å². The molecular weight excluding hydrogens is 298 g/mol. The monoisotopic (exact) mass is 319 g/mol. The number of para-hydroxylation sites is 1. The molecule has 0 radical (unpaired) electrons. The summed E-state index contributed by atoms with van der Waals surface area (Å²) in [4.78, 5) is 11.0. The summed E-state index contributed by atoms with van der Waals surface area (Å²) in [6, 6.07) is 9.48. The Bertz CT molecular complexity index is 615. The second-order valence-corrected chi connectivity index (χ2v) is 5.81. The molecule has 0 aliphatic heterocycles. The van der Waals surface area contributed by atoms with Gasteiger partial charge in [-0.3, -0.25) is 0 Å². The molecule has 2 aromatic rings. The van der Waals surface area contributed by atoms with Gasteiger partial charge in [-0.25, -0.2) is 4.98 Å². The van der Waals surface area contributed by atoms with Gasteiger partial charge in [0.25, 0.3) is 0 Å². The van der Waals surface area contributed by atoms with Crippen molar-refractivity contribution in [1.82, 2.24) is 14.9 Å². The summed E-state index contributed by atoms with van der Waals surface area (Å²) < 4.78 is 0. The fourth-order valence-electron chi connectivity index (χ4n) is 2.01. The molecule has 0 atom stereocenters. The van der Waals surface area contributed by atoms with Crippen molar-refractivity contribution >= 4 is 29.1 Å². The molecule has 0 aliphatic rings. The Hall–Kier alpha value is -1.85. The highest BCUT2D eigenvalue weighted by Crippen LogP contribution is 2.23. The van der Waals surface area contributed by atoms with Gasteiger partial charge in [0.15, 0.2) is 0 Å². The van der Waals surface area contributed by atoms with E-state index in [1.165, 1.54) is 0 Å². The molecule has 5 nitrogen and oxygen atoms in total. The summed E-state index contributed by atoms with van der Waals surface area (Å²) in [6.45, 7) is 3.87. The average molecular weight is 320 g/mol. The Morgan fingerprint density at radius 2 is 1.95 bits per heavy atom. The molecule has 0 spiro atoms. The number of nitrogens with zero attached hydrogens (tertiary/aromatic N) is 3. The molecule has 0 unspecified atom stereocenters. The van der Waals surface area contributed by atoms with Crippen LogP contribution in [0.4, 0.5) is 17.5 Å². The predicted molar refractivity (Wildman–Crippen MR) is 93.2 cm³/mol. The lowest BCUT2D eigenvalue weighted by Crippen LogP contribution is -2.16. The van der Waals surface area contributed by atoms with E-state index < -0.39 is 0 Å². The van der Waals surface area contributed by atoms with Crippen molar-refractivity contribution in [2.45, 2.75) is 13.3 Å². The lowest BCUT2D eigenvalue weighted by Gasteiger charge is -2.12. The van der Waals surface area contributed by atoms with Gasteiger partial charge in [-0.2, -0.15) is 4.98 Å². The van der Waals surface area contributed by atoms with Crippen molar-refractivity contribution < 1.29 is 0 Å². The third-order valence-corrected chi connectivity index (χ3v) is 3.39. The zero-order valence-electron chi connectivity index (χ0n) is 13.2. The first-order valence-electron chi connectivity index (χ1n) is 7.30. The van der Waals surface area contributed by atoms with E-state index in [0.29, 0.717) is 11.0 Å². The third kappa shape index (κ3) is 5.16. The van der Waals surface area contributed by atoms with Gasteiger partial charge >= 0.3 is 0 Å². The highest BCUT2D eigenvalue weighted by atomic mass is 35.5. The number of hydrogen-bond donors (Lipinski definition) is 2. The lowest BCUT2D eigenvalue weighted by atomic mass is 10.3. The van der Waals surface area contributed by atoms with Crippen LogP contribution in [0, 0.1) is 6.92 Å². The summed E-state index contributed by atoms with van der Waals surface area (Å²) in [5.74, 6) is 1.36. The SMILES string of the molecule is Cc1cc(NCCCN(C)C)nc(Nc2ccccc2Cl)n1. The molecule has 118 valence electrons. The van der Waals surface area contributed by atoms with Crippen LogP contribution in [0.15, 0.2) is 30.3 Å². The first kappa shape index (κ1) is 16.5. The number of nitrogens with one attached hydrogen (secondary N) is 2. The third-order valence-electron chi connectivity index (χ3n) is 3.06. The summed E-state index contributed by atoms with van der Waals surface area (Å²) in [5, 5.41) is 7.14. The number of hydrogen-bond acceptors (Lipinski definition) is 5. The highest BCUT2D eigenvalue weighted by Gasteiger charge is 2.05. The van der Waals surface area contributed by atoms with Crippen LogP contribution in [0.1, 0.15) is 12.1 Å². The van der Waals surface area contributed by atoms with Gasteiger partial charge in [0.05, 0.1) is 10.7 Å². The largest absolute Gasteiger partial charge is 0.370 e. The highest BCUT2D eigenvalue weighted by molar-refractivity contribution is 6.33. The number of benzene rings is 1. The number of halogens is 1. The quantitative estimate of drug-likeness (QED) is 0.764. The van der Waals surface area contributed by atoms with Crippen LogP contribution in [0.5, 0.6) is 0 Å². The van der Waals surface area contributed by atoms with Gasteiger partial charge in [0, 0.05) is 18.3 Å². The van der Waals surface area contributed by atoms with Crippen molar-refractivity contribution in [3.63, 3.8) is 0 Å². The van der Waals surface area contributed by atoms with Crippen LogP contribution in [0.2, 0.25) is 5.02 Å². The molecule has 1 aromatic carbocycles. The van der Waals surface area contributed by atoms with E-state index in [9.17, 15) is 0 Å². The number of anilines is 3. The first-order chi connectivity index (χ1) is 10.5. The Kier molecular flexibility index (Phi) is 5.98. The second kappa shape index (κ2) is 7.96. The normalized spacial score (nSPS) is 10.8. The molecule has 6 heteroatoms. The molecule has 0 saturated heterocycles. The van der Waals surface area contributed by atoms with Crippen LogP contribution in [-0.2, 0) is 0 Å². The summed E-state index contributed by atoms with van der Waals surface area (Å²) in [5.41, 5.74) is 1.70. The van der Waals surface area contributed by atoms with E-state index in [-0.39, 0.29) is 0 Å². The second-order valence-electron chi connectivity index (χ2n) is 5.41. The maximum atomic E-state index is 6.15. The smallest absolute Gasteiger partial charge is 0.229 e. The average Bonchev–Trinajstić information content (AvgIpc) is 2.45. The maximum Gasteiger partial charge on any atom is 0.229 e. The van der Waals surface area contributed by atoms with Crippen LogP contribution in [-0.4, -0.2) is 42.1 Å². The molecule has 0 fully saturated rings. The van der Waals surface area contributed by atoms with Crippen molar-refractivity contribution in [3.05, 3.63) is 41.0 Å². The zero-order chi connectivity index (χ0) is 15.9. The van der Waals surface area contributed by atoms with Crippen LogP contribution < -0.4 is 10.6 Å². The number of rotatable bonds is 7. The summed E-state index contributed by atoms with van der Waals surface area (Å²) in [6.07, 6.45) is 1.06. The Morgan fingerprint density at radius 3 is 2.68 bits per heavy atom. The molecule has 1 heterocycles. The molecule has 2 rings (SSSR count). The van der Waals surface area contributed by atoms with Crippen LogP contribution in [0.25, 0.3) is 0 Å². The lowest BCUT2D eigenvalue weighted by molar-refractivity contribution is 0.405. The van der Waals surface area contributed by atoms with Gasteiger partial charge < -0.3 is 15.5 Å². The molecular formula is C16H22ClN5. The Morgan fingerprint density at radius 1 is 1.18 bits per heavy atom. The molecule has 22 heavy (non-hydrogen) atoms. The molecule has 0 aliphatic carbocycles. The van der Waals surface area contributed by atoms with E-state index in [1.807, 2.05) is 37.3 Å². The van der Waals surface area contributed by atoms with E-state index in [2.05, 4.69) is 39.6 Å². The van der Waals surface area contributed by atoms with Crippen molar-refractivity contribution in [3.8, 4) is 0 Å². The van der Waals surface area contributed by atoms with Gasteiger partial charge in [0.1, 0.15) is 5.82 Å². The van der Waals surface area contributed by atoms with Crippen molar-refractivity contribution in [1.29, 1.82) is 0 Å². The molecule has 1 aromatic heterocycles. The molecule has 0 saturated carbocycles. The minimum absolute atomic E-state index is 0.545. The Labute approximate surface area is 136 Å². The van der Waals surface area contributed by atoms with E-state index >= 15 is 0 Å². The van der Waals surface area contributed by atoms with Crippen molar-refractivity contribution in [2.75, 3.05) is 37.8 Å². The maximum absolute atomic E-state index is 6.15. The molecule has 2 N–H and O–H groups in total. The minimum atomic E-state index is 0.545. The van der Waals surface area contributed by atoms with Gasteiger partial charge in [-0.1, -0.05) is 23.7 Å². The van der Waals surface area contributed by atoms with Gasteiger partial charge in [-0.05, 0) is 46.1 Å². The fourth-order valence-corrected chi connectivity index (χ4v) is 2.19. The minimum Gasteiger partial charge on any atom is -0.370 e. The van der Waals surface area contributed by atoms with E-state index in [0.717, 1.165) is 36.7 Å². The zero-order valence-corrected chi connectivity index (χ0v) is 14.0. The molecule has 0 amide bonds. The predicted octanol–water partition coefficient (Wildman–Crippen LogP) is 3.55. The Balaban J connectivity index is 2.02. The van der Waals surface area contributed by atoms with E-state index in [1.54, 1.807) is 0 Å².